The Kier molecular flexibility index (Phi) is 6.56. The number of aryl methyl sites for hydroxylation is 1. The summed E-state index contributed by atoms with van der Waals surface area (Å²) in [6.07, 6.45) is 12.0. The molecule has 0 aliphatic heterocycles. The van der Waals surface area contributed by atoms with Gasteiger partial charge in [0.05, 0.1) is 0 Å². The first-order chi connectivity index (χ1) is 8.29. The van der Waals surface area contributed by atoms with Crippen LogP contribution < -0.4 is 5.32 Å². The molecular formula is C15H24N2. The summed E-state index contributed by atoms with van der Waals surface area (Å²) in [6.45, 7) is 5.90. The van der Waals surface area contributed by atoms with Crippen LogP contribution in [0.3, 0.4) is 0 Å². The van der Waals surface area contributed by atoms with E-state index >= 15 is 0 Å². The molecule has 0 saturated heterocycles. The lowest BCUT2D eigenvalue weighted by molar-refractivity contribution is 0.505. The Morgan fingerprint density at radius 1 is 1.41 bits per heavy atom. The normalized spacial score (nSPS) is 12.4. The van der Waals surface area contributed by atoms with Crippen LogP contribution in [0.2, 0.25) is 0 Å². The first-order valence-electron chi connectivity index (χ1n) is 6.48. The summed E-state index contributed by atoms with van der Waals surface area (Å²) >= 11 is 0. The molecule has 0 saturated carbocycles. The number of allylic oxidation sites excluding steroid dienone is 1. The van der Waals surface area contributed by atoms with Crippen LogP contribution in [0.1, 0.15) is 49.3 Å². The average Bonchev–Trinajstić information content (AvgIpc) is 2.35. The Balaban J connectivity index is 2.43. The predicted molar refractivity (Wildman–Crippen MR) is 74.1 cm³/mol. The molecule has 1 N–H and O–H groups in total. The van der Waals surface area contributed by atoms with Crippen LogP contribution in [0.15, 0.2) is 31.1 Å². The maximum atomic E-state index is 4.22. The first kappa shape index (κ1) is 13.9. The van der Waals surface area contributed by atoms with Crippen LogP contribution in [0.25, 0.3) is 0 Å². The lowest BCUT2D eigenvalue weighted by atomic mass is 9.98. The molecule has 94 valence electrons. The predicted octanol–water partition coefficient (Wildman–Crippen LogP) is 3.79. The zero-order valence-electron chi connectivity index (χ0n) is 11.1. The molecule has 1 atom stereocenters. The van der Waals surface area contributed by atoms with Gasteiger partial charge in [-0.15, -0.1) is 6.58 Å². The fourth-order valence-corrected chi connectivity index (χ4v) is 2.11. The number of hydrogen-bond donors (Lipinski definition) is 1. The van der Waals surface area contributed by atoms with Crippen molar-refractivity contribution >= 4 is 0 Å². The monoisotopic (exact) mass is 232 g/mol. The molecule has 1 unspecified atom stereocenters. The second-order valence-corrected chi connectivity index (χ2v) is 4.50. The first-order valence-corrected chi connectivity index (χ1v) is 6.48. The summed E-state index contributed by atoms with van der Waals surface area (Å²) in [7, 11) is 2.03. The molecule has 0 bridgehead atoms. The third kappa shape index (κ3) is 4.70. The van der Waals surface area contributed by atoms with Crippen molar-refractivity contribution in [3.63, 3.8) is 0 Å². The molecule has 0 spiro atoms. The standard InChI is InChI=1S/C15H24N2/c1-4-5-6-7-8-9-15(16-3)14-12-17-11-10-13(14)2/h4,10-12,15-16H,1,5-9H2,2-3H3. The molecule has 0 fully saturated rings. The number of unbranched alkanes of at least 4 members (excludes halogenated alkanes) is 3. The van der Waals surface area contributed by atoms with Crippen molar-refractivity contribution in [1.82, 2.24) is 10.3 Å². The molecule has 1 aromatic rings. The van der Waals surface area contributed by atoms with E-state index in [1.807, 2.05) is 25.5 Å². The van der Waals surface area contributed by atoms with Crippen LogP contribution in [-0.2, 0) is 0 Å². The lowest BCUT2D eigenvalue weighted by Gasteiger charge is -2.18. The molecule has 2 heteroatoms. The van der Waals surface area contributed by atoms with Crippen LogP contribution in [0.5, 0.6) is 0 Å². The van der Waals surface area contributed by atoms with Gasteiger partial charge in [0.15, 0.2) is 0 Å². The third-order valence-corrected chi connectivity index (χ3v) is 3.20. The van der Waals surface area contributed by atoms with E-state index in [4.69, 9.17) is 0 Å². The van der Waals surface area contributed by atoms with Crippen LogP contribution in [-0.4, -0.2) is 12.0 Å². The van der Waals surface area contributed by atoms with Gasteiger partial charge in [0.1, 0.15) is 0 Å². The van der Waals surface area contributed by atoms with Crippen molar-refractivity contribution in [3.05, 3.63) is 42.2 Å². The maximum absolute atomic E-state index is 4.22. The Labute approximate surface area is 105 Å². The van der Waals surface area contributed by atoms with Crippen molar-refractivity contribution in [3.8, 4) is 0 Å². The molecule has 1 rings (SSSR count). The Hall–Kier alpha value is -1.15. The summed E-state index contributed by atoms with van der Waals surface area (Å²) in [5.74, 6) is 0. The van der Waals surface area contributed by atoms with Gasteiger partial charge in [-0.25, -0.2) is 0 Å². The van der Waals surface area contributed by atoms with Crippen LogP contribution in [0.4, 0.5) is 0 Å². The summed E-state index contributed by atoms with van der Waals surface area (Å²) in [4.78, 5) is 4.22. The van der Waals surface area contributed by atoms with Crippen molar-refractivity contribution < 1.29 is 0 Å². The largest absolute Gasteiger partial charge is 0.313 e. The minimum absolute atomic E-state index is 0.437. The van der Waals surface area contributed by atoms with Crippen LogP contribution >= 0.6 is 0 Å². The van der Waals surface area contributed by atoms with E-state index in [1.54, 1.807) is 0 Å². The SMILES string of the molecule is C=CCCCCCC(NC)c1cnccc1C. The van der Waals surface area contributed by atoms with E-state index in [0.29, 0.717) is 6.04 Å². The second-order valence-electron chi connectivity index (χ2n) is 4.50. The quantitative estimate of drug-likeness (QED) is 0.545. The van der Waals surface area contributed by atoms with Gasteiger partial charge in [0, 0.05) is 18.4 Å². The number of rotatable bonds is 8. The number of pyridine rings is 1. The Morgan fingerprint density at radius 2 is 2.24 bits per heavy atom. The van der Waals surface area contributed by atoms with Crippen molar-refractivity contribution in [2.24, 2.45) is 0 Å². The highest BCUT2D eigenvalue weighted by Gasteiger charge is 2.10. The fourth-order valence-electron chi connectivity index (χ4n) is 2.11. The zero-order valence-corrected chi connectivity index (χ0v) is 11.1. The van der Waals surface area contributed by atoms with Gasteiger partial charge >= 0.3 is 0 Å². The fraction of sp³-hybridized carbons (Fsp3) is 0.533. The number of nitrogens with zero attached hydrogens (tertiary/aromatic N) is 1. The highest BCUT2D eigenvalue weighted by atomic mass is 14.9. The van der Waals surface area contributed by atoms with Gasteiger partial charge in [0.25, 0.3) is 0 Å². The summed E-state index contributed by atoms with van der Waals surface area (Å²) in [6, 6.07) is 2.52. The third-order valence-electron chi connectivity index (χ3n) is 3.20. The maximum Gasteiger partial charge on any atom is 0.0335 e. The smallest absolute Gasteiger partial charge is 0.0335 e. The molecular weight excluding hydrogens is 208 g/mol. The van der Waals surface area contributed by atoms with Crippen molar-refractivity contribution in [1.29, 1.82) is 0 Å². The average molecular weight is 232 g/mol. The summed E-state index contributed by atoms with van der Waals surface area (Å²) in [5, 5.41) is 3.39. The number of nitrogens with one attached hydrogen (secondary N) is 1. The molecule has 0 aliphatic carbocycles. The van der Waals surface area contributed by atoms with Gasteiger partial charge in [-0.1, -0.05) is 18.9 Å². The van der Waals surface area contributed by atoms with Gasteiger partial charge in [0.2, 0.25) is 0 Å². The highest BCUT2D eigenvalue weighted by molar-refractivity contribution is 5.24. The van der Waals surface area contributed by atoms with Gasteiger partial charge < -0.3 is 5.32 Å². The van der Waals surface area contributed by atoms with E-state index in [0.717, 1.165) is 6.42 Å². The van der Waals surface area contributed by atoms with Crippen molar-refractivity contribution in [2.75, 3.05) is 7.05 Å². The van der Waals surface area contributed by atoms with Crippen molar-refractivity contribution in [2.45, 2.75) is 45.1 Å². The van der Waals surface area contributed by atoms with Gasteiger partial charge in [-0.05, 0) is 50.4 Å². The highest BCUT2D eigenvalue weighted by Crippen LogP contribution is 2.21. The Bertz CT molecular complexity index is 333. The number of hydrogen-bond acceptors (Lipinski definition) is 2. The van der Waals surface area contributed by atoms with Gasteiger partial charge in [-0.3, -0.25) is 4.98 Å². The lowest BCUT2D eigenvalue weighted by Crippen LogP contribution is -2.17. The molecule has 0 radical (unpaired) electrons. The van der Waals surface area contributed by atoms with Gasteiger partial charge in [-0.2, -0.15) is 0 Å². The molecule has 2 nitrogen and oxygen atoms in total. The molecule has 1 heterocycles. The number of aromatic nitrogens is 1. The van der Waals surface area contributed by atoms with E-state index in [-0.39, 0.29) is 0 Å². The minimum Gasteiger partial charge on any atom is -0.313 e. The summed E-state index contributed by atoms with van der Waals surface area (Å²) < 4.78 is 0. The van der Waals surface area contributed by atoms with E-state index in [1.165, 1.54) is 36.8 Å². The van der Waals surface area contributed by atoms with E-state index < -0.39 is 0 Å². The molecule has 0 amide bonds. The van der Waals surface area contributed by atoms with E-state index in [9.17, 15) is 0 Å². The van der Waals surface area contributed by atoms with E-state index in [2.05, 4.69) is 29.9 Å². The molecule has 1 aromatic heterocycles. The molecule has 17 heavy (non-hydrogen) atoms. The van der Waals surface area contributed by atoms with Crippen LogP contribution in [0, 0.1) is 6.92 Å². The second kappa shape index (κ2) is 8.02. The minimum atomic E-state index is 0.437. The summed E-state index contributed by atoms with van der Waals surface area (Å²) in [5.41, 5.74) is 2.66. The molecule has 0 aliphatic rings. The molecule has 0 aromatic carbocycles. The Morgan fingerprint density at radius 3 is 2.88 bits per heavy atom. The zero-order chi connectivity index (χ0) is 12.5. The topological polar surface area (TPSA) is 24.9 Å².